The smallest absolute Gasteiger partial charge is 0.336 e. The zero-order valence-corrected chi connectivity index (χ0v) is 9.58. The lowest BCUT2D eigenvalue weighted by atomic mass is 9.98. The molecule has 92 valence electrons. The molecule has 0 heterocycles. The van der Waals surface area contributed by atoms with Crippen molar-refractivity contribution in [1.82, 2.24) is 0 Å². The van der Waals surface area contributed by atoms with E-state index in [1.165, 1.54) is 37.3 Å². The largest absolute Gasteiger partial charge is 0.478 e. The molecule has 0 fully saturated rings. The third kappa shape index (κ3) is 1.97. The minimum Gasteiger partial charge on any atom is -0.478 e. The molecule has 0 amide bonds. The van der Waals surface area contributed by atoms with E-state index in [1.54, 1.807) is 6.07 Å². The Morgan fingerprint density at radius 2 is 1.67 bits per heavy atom. The summed E-state index contributed by atoms with van der Waals surface area (Å²) < 4.78 is 27.3. The van der Waals surface area contributed by atoms with E-state index in [0.717, 1.165) is 0 Å². The predicted molar refractivity (Wildman–Crippen MR) is 63.5 cm³/mol. The molecule has 0 radical (unpaired) electrons. The molecule has 0 aromatic heterocycles. The van der Waals surface area contributed by atoms with Crippen molar-refractivity contribution in [2.75, 3.05) is 0 Å². The van der Waals surface area contributed by atoms with Gasteiger partial charge in [-0.1, -0.05) is 30.3 Å². The Labute approximate surface area is 103 Å². The molecule has 0 aliphatic heterocycles. The van der Waals surface area contributed by atoms with Crippen molar-refractivity contribution in [2.24, 2.45) is 0 Å². The number of aromatic carboxylic acids is 1. The number of carbonyl (C=O) groups is 1. The zero-order chi connectivity index (χ0) is 13.3. The van der Waals surface area contributed by atoms with Gasteiger partial charge in [0.1, 0.15) is 0 Å². The fraction of sp³-hybridized carbons (Fsp3) is 0.0714. The van der Waals surface area contributed by atoms with Gasteiger partial charge in [0, 0.05) is 5.56 Å². The Morgan fingerprint density at radius 1 is 1.00 bits per heavy atom. The normalized spacial score (nSPS) is 10.4. The molecule has 0 saturated heterocycles. The average Bonchev–Trinajstić information content (AvgIpc) is 2.36. The van der Waals surface area contributed by atoms with Gasteiger partial charge >= 0.3 is 5.97 Å². The summed E-state index contributed by atoms with van der Waals surface area (Å²) in [6.45, 7) is 1.45. The van der Waals surface area contributed by atoms with Crippen molar-refractivity contribution in [3.05, 3.63) is 59.2 Å². The van der Waals surface area contributed by atoms with Crippen LogP contribution in [0.15, 0.2) is 36.4 Å². The first-order chi connectivity index (χ1) is 8.52. The van der Waals surface area contributed by atoms with Crippen molar-refractivity contribution < 1.29 is 18.7 Å². The highest BCUT2D eigenvalue weighted by Gasteiger charge is 2.17. The molecule has 0 unspecified atom stereocenters. The van der Waals surface area contributed by atoms with Gasteiger partial charge in [-0.2, -0.15) is 0 Å². The van der Waals surface area contributed by atoms with E-state index >= 15 is 0 Å². The third-order valence-corrected chi connectivity index (χ3v) is 2.72. The fourth-order valence-corrected chi connectivity index (χ4v) is 1.76. The van der Waals surface area contributed by atoms with Crippen LogP contribution in [0.5, 0.6) is 0 Å². The zero-order valence-electron chi connectivity index (χ0n) is 9.58. The molecule has 0 bridgehead atoms. The second kappa shape index (κ2) is 4.56. The van der Waals surface area contributed by atoms with Crippen LogP contribution in [0, 0.1) is 18.6 Å². The van der Waals surface area contributed by atoms with Crippen molar-refractivity contribution in [3.63, 3.8) is 0 Å². The molecule has 4 heteroatoms. The van der Waals surface area contributed by atoms with Gasteiger partial charge in [0.25, 0.3) is 0 Å². The van der Waals surface area contributed by atoms with Crippen LogP contribution in [0.1, 0.15) is 15.9 Å². The summed E-state index contributed by atoms with van der Waals surface area (Å²) in [6, 6.07) is 8.74. The fourth-order valence-electron chi connectivity index (χ4n) is 1.76. The summed E-state index contributed by atoms with van der Waals surface area (Å²) in [5, 5.41) is 9.03. The molecule has 0 saturated carbocycles. The average molecular weight is 248 g/mol. The van der Waals surface area contributed by atoms with E-state index in [2.05, 4.69) is 0 Å². The van der Waals surface area contributed by atoms with Crippen molar-refractivity contribution in [2.45, 2.75) is 6.92 Å². The number of carboxylic acids is 1. The van der Waals surface area contributed by atoms with E-state index in [0.29, 0.717) is 0 Å². The molecular weight excluding hydrogens is 238 g/mol. The van der Waals surface area contributed by atoms with Crippen LogP contribution in [-0.2, 0) is 0 Å². The first kappa shape index (κ1) is 12.2. The number of rotatable bonds is 2. The van der Waals surface area contributed by atoms with E-state index in [4.69, 9.17) is 5.11 Å². The van der Waals surface area contributed by atoms with Gasteiger partial charge in [0.2, 0.25) is 0 Å². The van der Waals surface area contributed by atoms with Gasteiger partial charge in [-0.25, -0.2) is 13.6 Å². The molecule has 2 aromatic rings. The van der Waals surface area contributed by atoms with Crippen LogP contribution in [0.25, 0.3) is 11.1 Å². The number of hydrogen-bond donors (Lipinski definition) is 1. The van der Waals surface area contributed by atoms with Gasteiger partial charge < -0.3 is 5.11 Å². The Kier molecular flexibility index (Phi) is 3.10. The van der Waals surface area contributed by atoms with Gasteiger partial charge in [-0.3, -0.25) is 0 Å². The van der Waals surface area contributed by atoms with Crippen LogP contribution in [-0.4, -0.2) is 11.1 Å². The van der Waals surface area contributed by atoms with Crippen molar-refractivity contribution in [3.8, 4) is 11.1 Å². The molecule has 0 atom stereocenters. The Morgan fingerprint density at radius 3 is 2.33 bits per heavy atom. The summed E-state index contributed by atoms with van der Waals surface area (Å²) in [4.78, 5) is 11.0. The first-order valence-electron chi connectivity index (χ1n) is 5.29. The minimum atomic E-state index is -1.18. The number of benzene rings is 2. The maximum Gasteiger partial charge on any atom is 0.336 e. The topological polar surface area (TPSA) is 37.3 Å². The van der Waals surface area contributed by atoms with Gasteiger partial charge in [-0.15, -0.1) is 0 Å². The highest BCUT2D eigenvalue weighted by Crippen LogP contribution is 2.28. The molecule has 0 aliphatic rings. The molecule has 0 aliphatic carbocycles. The number of carboxylic acid groups (broad SMARTS) is 1. The maximum atomic E-state index is 13.8. The van der Waals surface area contributed by atoms with E-state index in [1.807, 2.05) is 0 Å². The highest BCUT2D eigenvalue weighted by atomic mass is 19.2. The Hall–Kier alpha value is -2.23. The summed E-state index contributed by atoms with van der Waals surface area (Å²) >= 11 is 0. The number of halogens is 2. The van der Waals surface area contributed by atoms with Gasteiger partial charge in [0.05, 0.1) is 5.56 Å². The molecule has 2 nitrogen and oxygen atoms in total. The lowest BCUT2D eigenvalue weighted by Gasteiger charge is -2.09. The highest BCUT2D eigenvalue weighted by molar-refractivity contribution is 5.96. The minimum absolute atomic E-state index is 0.0453. The molecule has 1 N–H and O–H groups in total. The second-order valence-corrected chi connectivity index (χ2v) is 3.91. The molecular formula is C14H10F2O2. The van der Waals surface area contributed by atoms with E-state index in [9.17, 15) is 13.6 Å². The van der Waals surface area contributed by atoms with Crippen LogP contribution in [0.2, 0.25) is 0 Å². The molecule has 18 heavy (non-hydrogen) atoms. The standard InChI is InChI=1S/C14H10F2O2/c1-8-6-7-10(13(16)12(8)15)9-4-2-3-5-11(9)14(17)18/h2-7H,1H3,(H,17,18). The van der Waals surface area contributed by atoms with Gasteiger partial charge in [0.15, 0.2) is 11.6 Å². The maximum absolute atomic E-state index is 13.8. The van der Waals surface area contributed by atoms with E-state index in [-0.39, 0.29) is 22.3 Å². The number of aryl methyl sites for hydroxylation is 1. The monoisotopic (exact) mass is 248 g/mol. The molecule has 0 spiro atoms. The Bertz CT molecular complexity index is 621. The van der Waals surface area contributed by atoms with Crippen molar-refractivity contribution in [1.29, 1.82) is 0 Å². The van der Waals surface area contributed by atoms with Crippen molar-refractivity contribution >= 4 is 5.97 Å². The molecule has 2 rings (SSSR count). The first-order valence-corrected chi connectivity index (χ1v) is 5.29. The second-order valence-electron chi connectivity index (χ2n) is 3.91. The summed E-state index contributed by atoms with van der Waals surface area (Å²) in [5.74, 6) is -3.15. The van der Waals surface area contributed by atoms with Crippen LogP contribution >= 0.6 is 0 Å². The summed E-state index contributed by atoms with van der Waals surface area (Å²) in [7, 11) is 0. The quantitative estimate of drug-likeness (QED) is 0.880. The molecule has 2 aromatic carbocycles. The lowest BCUT2D eigenvalue weighted by molar-refractivity contribution is 0.0697. The lowest BCUT2D eigenvalue weighted by Crippen LogP contribution is -2.01. The third-order valence-electron chi connectivity index (χ3n) is 2.72. The Balaban J connectivity index is 2.70. The SMILES string of the molecule is Cc1ccc(-c2ccccc2C(=O)O)c(F)c1F. The summed E-state index contributed by atoms with van der Waals surface area (Å²) in [6.07, 6.45) is 0. The van der Waals surface area contributed by atoms with Crippen LogP contribution in [0.4, 0.5) is 8.78 Å². The van der Waals surface area contributed by atoms with Gasteiger partial charge in [-0.05, 0) is 24.1 Å². The summed E-state index contributed by atoms with van der Waals surface area (Å²) in [5.41, 5.74) is 0.251. The predicted octanol–water partition coefficient (Wildman–Crippen LogP) is 3.64. The van der Waals surface area contributed by atoms with E-state index < -0.39 is 17.6 Å². The number of hydrogen-bond acceptors (Lipinski definition) is 1. The van der Waals surface area contributed by atoms with Crippen LogP contribution in [0.3, 0.4) is 0 Å². The van der Waals surface area contributed by atoms with Crippen LogP contribution < -0.4 is 0 Å².